The molecule has 1 fully saturated rings. The molecule has 2 heterocycles. The minimum Gasteiger partial charge on any atom is -0.450 e. The van der Waals surface area contributed by atoms with Crippen LogP contribution in [-0.2, 0) is 4.74 Å². The molecule has 2 amide bonds. The maximum atomic E-state index is 11.9. The van der Waals surface area contributed by atoms with Gasteiger partial charge in [0.1, 0.15) is 5.82 Å². The van der Waals surface area contributed by atoms with E-state index >= 15 is 0 Å². The van der Waals surface area contributed by atoms with Crippen molar-refractivity contribution < 1.29 is 14.3 Å². The van der Waals surface area contributed by atoms with Crippen LogP contribution in [-0.4, -0.2) is 49.3 Å². The molecule has 1 aliphatic heterocycles. The molecule has 0 aliphatic carbocycles. The van der Waals surface area contributed by atoms with Crippen molar-refractivity contribution in [3.63, 3.8) is 0 Å². The topological polar surface area (TPSA) is 83.6 Å². The fourth-order valence-electron chi connectivity index (χ4n) is 2.69. The maximum Gasteiger partial charge on any atom is 0.407 e. The highest BCUT2D eigenvalue weighted by atomic mass is 16.5. The van der Waals surface area contributed by atoms with Crippen LogP contribution in [0.3, 0.4) is 0 Å². The molecule has 1 aliphatic rings. The monoisotopic (exact) mass is 334 g/mol. The molecular weight excluding hydrogens is 308 g/mol. The van der Waals surface area contributed by atoms with Gasteiger partial charge in [-0.05, 0) is 38.3 Å². The lowest BCUT2D eigenvalue weighted by molar-refractivity contribution is 0.0953. The van der Waals surface area contributed by atoms with E-state index in [-0.39, 0.29) is 18.0 Å². The Bertz CT molecular complexity index is 547. The van der Waals surface area contributed by atoms with Crippen LogP contribution in [0.2, 0.25) is 0 Å². The second-order valence-corrected chi connectivity index (χ2v) is 5.81. The SMILES string of the molecule is CCCNC(=O)c1ccc(N2CCC[C@@H](NC(=O)OCC)C2)nc1. The number of amides is 2. The summed E-state index contributed by atoms with van der Waals surface area (Å²) in [6.07, 6.45) is 4.02. The van der Waals surface area contributed by atoms with Crippen molar-refractivity contribution in [1.29, 1.82) is 0 Å². The molecule has 2 rings (SSSR count). The first-order valence-corrected chi connectivity index (χ1v) is 8.56. The summed E-state index contributed by atoms with van der Waals surface area (Å²) in [5, 5.41) is 5.71. The normalized spacial score (nSPS) is 17.2. The van der Waals surface area contributed by atoms with Gasteiger partial charge in [-0.2, -0.15) is 0 Å². The fraction of sp³-hybridized carbons (Fsp3) is 0.588. The van der Waals surface area contributed by atoms with Crippen LogP contribution in [0.1, 0.15) is 43.5 Å². The van der Waals surface area contributed by atoms with Gasteiger partial charge in [0, 0.05) is 31.9 Å². The zero-order chi connectivity index (χ0) is 17.4. The number of nitrogens with zero attached hydrogens (tertiary/aromatic N) is 2. The summed E-state index contributed by atoms with van der Waals surface area (Å²) < 4.78 is 4.93. The second-order valence-electron chi connectivity index (χ2n) is 5.81. The Hall–Kier alpha value is -2.31. The molecule has 1 atom stereocenters. The zero-order valence-corrected chi connectivity index (χ0v) is 14.4. The number of hydrogen-bond donors (Lipinski definition) is 2. The summed E-state index contributed by atoms with van der Waals surface area (Å²) >= 11 is 0. The van der Waals surface area contributed by atoms with Gasteiger partial charge in [-0.15, -0.1) is 0 Å². The maximum absolute atomic E-state index is 11.9. The summed E-state index contributed by atoms with van der Waals surface area (Å²) in [6, 6.07) is 3.69. The summed E-state index contributed by atoms with van der Waals surface area (Å²) in [5.74, 6) is 0.716. The Morgan fingerprint density at radius 1 is 1.38 bits per heavy atom. The molecule has 24 heavy (non-hydrogen) atoms. The van der Waals surface area contributed by atoms with Crippen LogP contribution in [0.15, 0.2) is 18.3 Å². The lowest BCUT2D eigenvalue weighted by Crippen LogP contribution is -2.48. The minimum atomic E-state index is -0.375. The Morgan fingerprint density at radius 2 is 2.21 bits per heavy atom. The number of hydrogen-bond acceptors (Lipinski definition) is 5. The van der Waals surface area contributed by atoms with Gasteiger partial charge in [0.15, 0.2) is 0 Å². The van der Waals surface area contributed by atoms with Gasteiger partial charge in [0.25, 0.3) is 5.91 Å². The van der Waals surface area contributed by atoms with Crippen molar-refractivity contribution in [3.05, 3.63) is 23.9 Å². The quantitative estimate of drug-likeness (QED) is 0.830. The van der Waals surface area contributed by atoms with E-state index in [2.05, 4.69) is 20.5 Å². The number of carbonyl (C=O) groups excluding carboxylic acids is 2. The molecular formula is C17H26N4O3. The average molecular weight is 334 g/mol. The highest BCUT2D eigenvalue weighted by molar-refractivity contribution is 5.94. The molecule has 7 nitrogen and oxygen atoms in total. The third kappa shape index (κ3) is 5.11. The van der Waals surface area contributed by atoms with Crippen molar-refractivity contribution in [2.75, 3.05) is 31.1 Å². The summed E-state index contributed by atoms with van der Waals surface area (Å²) in [5.41, 5.74) is 0.561. The standard InChI is InChI=1S/C17H26N4O3/c1-3-9-18-16(22)13-7-8-15(19-11-13)21-10-5-6-14(12-21)20-17(23)24-4-2/h7-8,11,14H,3-6,9-10,12H2,1-2H3,(H,18,22)(H,20,23)/t14-/m1/s1. The van der Waals surface area contributed by atoms with Gasteiger partial charge >= 0.3 is 6.09 Å². The molecule has 2 N–H and O–H groups in total. The number of rotatable bonds is 6. The molecule has 0 spiro atoms. The summed E-state index contributed by atoms with van der Waals surface area (Å²) in [4.78, 5) is 30.0. The van der Waals surface area contributed by atoms with E-state index in [1.807, 2.05) is 13.0 Å². The van der Waals surface area contributed by atoms with Gasteiger partial charge in [-0.1, -0.05) is 6.92 Å². The van der Waals surface area contributed by atoms with Gasteiger partial charge < -0.3 is 20.3 Å². The van der Waals surface area contributed by atoms with Crippen LogP contribution in [0, 0.1) is 0 Å². The van der Waals surface area contributed by atoms with Crippen LogP contribution in [0.5, 0.6) is 0 Å². The summed E-state index contributed by atoms with van der Waals surface area (Å²) in [6.45, 7) is 6.40. The number of nitrogens with one attached hydrogen (secondary N) is 2. The smallest absolute Gasteiger partial charge is 0.407 e. The number of anilines is 1. The number of piperidine rings is 1. The van der Waals surface area contributed by atoms with Crippen molar-refractivity contribution >= 4 is 17.8 Å². The number of pyridine rings is 1. The third-order valence-electron chi connectivity index (χ3n) is 3.89. The molecule has 132 valence electrons. The lowest BCUT2D eigenvalue weighted by Gasteiger charge is -2.33. The summed E-state index contributed by atoms with van der Waals surface area (Å²) in [7, 11) is 0. The second kappa shape index (κ2) is 9.10. The predicted octanol–water partition coefficient (Wildman–Crippen LogP) is 1.94. The first-order valence-electron chi connectivity index (χ1n) is 8.56. The van der Waals surface area contributed by atoms with E-state index in [1.165, 1.54) is 0 Å². The number of alkyl carbamates (subject to hydrolysis) is 1. The molecule has 1 aromatic rings. The van der Waals surface area contributed by atoms with E-state index in [9.17, 15) is 9.59 Å². The lowest BCUT2D eigenvalue weighted by atomic mass is 10.1. The van der Waals surface area contributed by atoms with Crippen LogP contribution < -0.4 is 15.5 Å². The van der Waals surface area contributed by atoms with E-state index < -0.39 is 0 Å². The number of carbonyl (C=O) groups is 2. The Balaban J connectivity index is 1.93. The van der Waals surface area contributed by atoms with Gasteiger partial charge in [-0.25, -0.2) is 9.78 Å². The van der Waals surface area contributed by atoms with Gasteiger partial charge in [0.05, 0.1) is 12.2 Å². The molecule has 1 saturated heterocycles. The molecule has 0 unspecified atom stereocenters. The van der Waals surface area contributed by atoms with Gasteiger partial charge in [-0.3, -0.25) is 4.79 Å². The Morgan fingerprint density at radius 3 is 2.88 bits per heavy atom. The molecule has 7 heteroatoms. The van der Waals surface area contributed by atoms with Crippen molar-refractivity contribution in [1.82, 2.24) is 15.6 Å². The highest BCUT2D eigenvalue weighted by Crippen LogP contribution is 2.18. The minimum absolute atomic E-state index is 0.0483. The molecule has 0 radical (unpaired) electrons. The average Bonchev–Trinajstić information content (AvgIpc) is 2.60. The van der Waals surface area contributed by atoms with Crippen molar-refractivity contribution in [3.8, 4) is 0 Å². The van der Waals surface area contributed by atoms with E-state index in [1.54, 1.807) is 19.2 Å². The zero-order valence-electron chi connectivity index (χ0n) is 14.4. The Labute approximate surface area is 142 Å². The highest BCUT2D eigenvalue weighted by Gasteiger charge is 2.22. The van der Waals surface area contributed by atoms with Crippen molar-refractivity contribution in [2.24, 2.45) is 0 Å². The van der Waals surface area contributed by atoms with Crippen LogP contribution in [0.25, 0.3) is 0 Å². The predicted molar refractivity (Wildman–Crippen MR) is 92.3 cm³/mol. The van der Waals surface area contributed by atoms with E-state index in [4.69, 9.17) is 4.74 Å². The van der Waals surface area contributed by atoms with E-state index in [0.717, 1.165) is 31.6 Å². The van der Waals surface area contributed by atoms with E-state index in [0.29, 0.717) is 25.3 Å². The number of aromatic nitrogens is 1. The molecule has 0 aromatic carbocycles. The van der Waals surface area contributed by atoms with Crippen LogP contribution in [0.4, 0.5) is 10.6 Å². The van der Waals surface area contributed by atoms with Gasteiger partial charge in [0.2, 0.25) is 0 Å². The fourth-order valence-corrected chi connectivity index (χ4v) is 2.69. The van der Waals surface area contributed by atoms with Crippen molar-refractivity contribution in [2.45, 2.75) is 39.2 Å². The molecule has 0 bridgehead atoms. The molecule has 1 aromatic heterocycles. The molecule has 0 saturated carbocycles. The Kier molecular flexibility index (Phi) is 6.84. The third-order valence-corrected chi connectivity index (χ3v) is 3.89. The number of ether oxygens (including phenoxy) is 1. The van der Waals surface area contributed by atoms with Crippen LogP contribution >= 0.6 is 0 Å². The largest absolute Gasteiger partial charge is 0.450 e. The first kappa shape index (κ1) is 18.0. The first-order chi connectivity index (χ1) is 11.6.